The van der Waals surface area contributed by atoms with Gasteiger partial charge in [0.25, 0.3) is 0 Å². The average Bonchev–Trinajstić information content (AvgIpc) is 2.30. The van der Waals surface area contributed by atoms with Crippen LogP contribution in [0.1, 0.15) is 18.5 Å². The zero-order valence-corrected chi connectivity index (χ0v) is 8.48. The molecule has 1 aromatic rings. The van der Waals surface area contributed by atoms with Gasteiger partial charge in [-0.25, -0.2) is 0 Å². The van der Waals surface area contributed by atoms with Crippen molar-refractivity contribution in [2.75, 3.05) is 13.2 Å². The molecule has 1 saturated heterocycles. The molecule has 3 nitrogen and oxygen atoms in total. The second kappa shape index (κ2) is 3.35. The minimum atomic E-state index is -0.145. The third-order valence-corrected chi connectivity index (χ3v) is 3.00. The summed E-state index contributed by atoms with van der Waals surface area (Å²) in [5.74, 6) is 0.891. The minimum Gasteiger partial charge on any atom is -0.481 e. The highest BCUT2D eigenvalue weighted by Gasteiger charge is 2.34. The molecule has 0 saturated carbocycles. The number of pyridine rings is 1. The Hall–Kier alpha value is -1.35. The molecule has 2 aliphatic rings. The fraction of sp³-hybridized carbons (Fsp3) is 0.417. The molecule has 0 atom stereocenters. The Morgan fingerprint density at radius 3 is 3.00 bits per heavy atom. The van der Waals surface area contributed by atoms with Gasteiger partial charge in [0, 0.05) is 19.0 Å². The number of fused-ring (bicyclic) bond motifs is 1. The highest BCUT2D eigenvalue weighted by molar-refractivity contribution is 5.57. The lowest BCUT2D eigenvalue weighted by atomic mass is 9.91. The predicted molar refractivity (Wildman–Crippen MR) is 56.7 cm³/mol. The molecule has 1 spiro atoms. The standard InChI is InChI=1S/C12H13NO2/c1-2-11-10(13-7-1)3-4-12(15-11)5-8-14-9-6-12/h1-4,7H,5-6,8-9H2. The van der Waals surface area contributed by atoms with Crippen LogP contribution >= 0.6 is 0 Å². The van der Waals surface area contributed by atoms with Gasteiger partial charge < -0.3 is 9.47 Å². The topological polar surface area (TPSA) is 31.4 Å². The SMILES string of the molecule is C1=CC2(CCOCC2)Oc2cccnc21. The molecule has 3 heteroatoms. The van der Waals surface area contributed by atoms with Crippen molar-refractivity contribution in [2.24, 2.45) is 0 Å². The van der Waals surface area contributed by atoms with E-state index < -0.39 is 0 Å². The monoisotopic (exact) mass is 203 g/mol. The number of hydrogen-bond donors (Lipinski definition) is 0. The summed E-state index contributed by atoms with van der Waals surface area (Å²) in [7, 11) is 0. The molecule has 0 radical (unpaired) electrons. The number of rotatable bonds is 0. The minimum absolute atomic E-state index is 0.145. The van der Waals surface area contributed by atoms with E-state index in [-0.39, 0.29) is 5.60 Å². The highest BCUT2D eigenvalue weighted by atomic mass is 16.5. The van der Waals surface area contributed by atoms with Crippen LogP contribution in [0.4, 0.5) is 0 Å². The number of aromatic nitrogens is 1. The summed E-state index contributed by atoms with van der Waals surface area (Å²) < 4.78 is 11.4. The zero-order valence-electron chi connectivity index (χ0n) is 8.48. The molecule has 0 N–H and O–H groups in total. The van der Waals surface area contributed by atoms with Gasteiger partial charge in [0.05, 0.1) is 13.2 Å². The quantitative estimate of drug-likeness (QED) is 0.646. The van der Waals surface area contributed by atoms with E-state index in [0.717, 1.165) is 37.5 Å². The van der Waals surface area contributed by atoms with Gasteiger partial charge in [0.1, 0.15) is 17.0 Å². The summed E-state index contributed by atoms with van der Waals surface area (Å²) in [4.78, 5) is 4.25. The Morgan fingerprint density at radius 2 is 2.13 bits per heavy atom. The first-order chi connectivity index (χ1) is 7.38. The second-order valence-corrected chi connectivity index (χ2v) is 4.00. The lowest BCUT2D eigenvalue weighted by Crippen LogP contribution is -2.41. The maximum Gasteiger partial charge on any atom is 0.146 e. The molecular weight excluding hydrogens is 190 g/mol. The fourth-order valence-electron chi connectivity index (χ4n) is 2.08. The normalized spacial score (nSPS) is 22.1. The molecule has 3 rings (SSSR count). The molecule has 1 fully saturated rings. The van der Waals surface area contributed by atoms with Crippen molar-refractivity contribution in [1.29, 1.82) is 0 Å². The molecule has 0 aliphatic carbocycles. The Morgan fingerprint density at radius 1 is 1.27 bits per heavy atom. The predicted octanol–water partition coefficient (Wildman–Crippen LogP) is 2.04. The highest BCUT2D eigenvalue weighted by Crippen LogP contribution is 2.35. The summed E-state index contributed by atoms with van der Waals surface area (Å²) in [6.07, 6.45) is 7.83. The van der Waals surface area contributed by atoms with Crippen LogP contribution in [0.5, 0.6) is 5.75 Å². The summed E-state index contributed by atoms with van der Waals surface area (Å²) in [6, 6.07) is 3.88. The maximum atomic E-state index is 6.03. The average molecular weight is 203 g/mol. The van der Waals surface area contributed by atoms with Gasteiger partial charge in [-0.15, -0.1) is 0 Å². The molecule has 0 unspecified atom stereocenters. The first-order valence-corrected chi connectivity index (χ1v) is 5.29. The van der Waals surface area contributed by atoms with Crippen LogP contribution in [-0.2, 0) is 4.74 Å². The van der Waals surface area contributed by atoms with E-state index in [9.17, 15) is 0 Å². The van der Waals surface area contributed by atoms with Crippen LogP contribution in [0.3, 0.4) is 0 Å². The third-order valence-electron chi connectivity index (χ3n) is 3.00. The first kappa shape index (κ1) is 8.92. The van der Waals surface area contributed by atoms with Crippen molar-refractivity contribution >= 4 is 6.08 Å². The second-order valence-electron chi connectivity index (χ2n) is 4.00. The van der Waals surface area contributed by atoms with Crippen LogP contribution < -0.4 is 4.74 Å². The van der Waals surface area contributed by atoms with Crippen molar-refractivity contribution < 1.29 is 9.47 Å². The van der Waals surface area contributed by atoms with Crippen molar-refractivity contribution in [3.63, 3.8) is 0 Å². The van der Waals surface area contributed by atoms with Crippen molar-refractivity contribution in [2.45, 2.75) is 18.4 Å². The van der Waals surface area contributed by atoms with Crippen LogP contribution in [0, 0.1) is 0 Å². The molecule has 1 aromatic heterocycles. The van der Waals surface area contributed by atoms with Crippen LogP contribution in [0.25, 0.3) is 6.08 Å². The zero-order chi connectivity index (χ0) is 10.1. The number of ether oxygens (including phenoxy) is 2. The molecular formula is C12H13NO2. The van der Waals surface area contributed by atoms with Crippen molar-refractivity contribution in [3.05, 3.63) is 30.1 Å². The van der Waals surface area contributed by atoms with E-state index >= 15 is 0 Å². The van der Waals surface area contributed by atoms with Gasteiger partial charge in [-0.3, -0.25) is 4.98 Å². The van der Waals surface area contributed by atoms with E-state index in [1.54, 1.807) is 6.20 Å². The third kappa shape index (κ3) is 1.53. The van der Waals surface area contributed by atoms with E-state index in [2.05, 4.69) is 17.1 Å². The summed E-state index contributed by atoms with van der Waals surface area (Å²) >= 11 is 0. The van der Waals surface area contributed by atoms with Gasteiger partial charge >= 0.3 is 0 Å². The maximum absolute atomic E-state index is 6.03. The van der Waals surface area contributed by atoms with E-state index in [1.165, 1.54) is 0 Å². The summed E-state index contributed by atoms with van der Waals surface area (Å²) in [6.45, 7) is 1.56. The Kier molecular flexibility index (Phi) is 1.99. The fourth-order valence-corrected chi connectivity index (χ4v) is 2.08. The van der Waals surface area contributed by atoms with Crippen molar-refractivity contribution in [1.82, 2.24) is 4.98 Å². The largest absolute Gasteiger partial charge is 0.481 e. The van der Waals surface area contributed by atoms with Crippen LogP contribution in [0.2, 0.25) is 0 Å². The van der Waals surface area contributed by atoms with E-state index in [0.29, 0.717) is 0 Å². The van der Waals surface area contributed by atoms with Crippen LogP contribution in [-0.4, -0.2) is 23.8 Å². The molecule has 0 bridgehead atoms. The number of nitrogens with zero attached hydrogens (tertiary/aromatic N) is 1. The molecule has 2 aliphatic heterocycles. The van der Waals surface area contributed by atoms with Gasteiger partial charge in [0.15, 0.2) is 0 Å². The molecule has 0 amide bonds. The lowest BCUT2D eigenvalue weighted by molar-refractivity contribution is -0.0180. The molecule has 78 valence electrons. The molecule has 15 heavy (non-hydrogen) atoms. The first-order valence-electron chi connectivity index (χ1n) is 5.29. The van der Waals surface area contributed by atoms with Gasteiger partial charge in [-0.1, -0.05) is 0 Å². The Bertz CT molecular complexity index is 394. The molecule has 0 aromatic carbocycles. The Balaban J connectivity index is 1.94. The van der Waals surface area contributed by atoms with E-state index in [1.807, 2.05) is 12.1 Å². The van der Waals surface area contributed by atoms with Crippen LogP contribution in [0.15, 0.2) is 24.4 Å². The van der Waals surface area contributed by atoms with Gasteiger partial charge in [-0.2, -0.15) is 0 Å². The van der Waals surface area contributed by atoms with E-state index in [4.69, 9.17) is 9.47 Å². The lowest BCUT2D eigenvalue weighted by Gasteiger charge is -2.37. The summed E-state index contributed by atoms with van der Waals surface area (Å²) in [5, 5.41) is 0. The van der Waals surface area contributed by atoms with Gasteiger partial charge in [0.2, 0.25) is 0 Å². The number of hydrogen-bond acceptors (Lipinski definition) is 3. The van der Waals surface area contributed by atoms with Crippen molar-refractivity contribution in [3.8, 4) is 5.75 Å². The smallest absolute Gasteiger partial charge is 0.146 e. The Labute approximate surface area is 88.7 Å². The summed E-state index contributed by atoms with van der Waals surface area (Å²) in [5.41, 5.74) is 0.781. The van der Waals surface area contributed by atoms with Gasteiger partial charge in [-0.05, 0) is 24.3 Å². The molecule has 3 heterocycles.